The highest BCUT2D eigenvalue weighted by molar-refractivity contribution is 7.92. The first kappa shape index (κ1) is 19.3. The lowest BCUT2D eigenvalue weighted by atomic mass is 10.2. The fraction of sp³-hybridized carbons (Fsp3) is 0.278. The molecule has 7 heteroatoms. The van der Waals surface area contributed by atoms with Crippen LogP contribution in [0.1, 0.15) is 18.9 Å². The molecule has 0 aliphatic rings. The summed E-state index contributed by atoms with van der Waals surface area (Å²) in [6, 6.07) is 12.9. The first-order chi connectivity index (χ1) is 11.8. The van der Waals surface area contributed by atoms with Crippen LogP contribution in [0.5, 0.6) is 5.75 Å². The molecule has 0 aliphatic heterocycles. The normalized spacial score (nSPS) is 11.2. The highest BCUT2D eigenvalue weighted by Crippen LogP contribution is 2.26. The van der Waals surface area contributed by atoms with Crippen molar-refractivity contribution in [1.82, 2.24) is 0 Å². The summed E-state index contributed by atoms with van der Waals surface area (Å²) in [5.74, 6) is 0.635. The number of hydrogen-bond acceptors (Lipinski definition) is 4. The molecule has 0 saturated carbocycles. The van der Waals surface area contributed by atoms with E-state index in [4.69, 9.17) is 16.3 Å². The number of aryl methyl sites for hydroxylation is 1. The Morgan fingerprint density at radius 3 is 2.20 bits per heavy atom. The summed E-state index contributed by atoms with van der Waals surface area (Å²) >= 11 is 5.47. The van der Waals surface area contributed by atoms with E-state index in [-0.39, 0.29) is 4.90 Å². The Balaban J connectivity index is 2.38. The van der Waals surface area contributed by atoms with Crippen LogP contribution < -0.4 is 9.04 Å². The Labute approximate surface area is 153 Å². The van der Waals surface area contributed by atoms with Crippen LogP contribution in [0.15, 0.2) is 53.4 Å². The molecular weight excluding hydrogens is 362 g/mol. The van der Waals surface area contributed by atoms with E-state index in [1.165, 1.54) is 12.1 Å². The van der Waals surface area contributed by atoms with E-state index in [9.17, 15) is 13.2 Å². The zero-order valence-electron chi connectivity index (χ0n) is 14.1. The fourth-order valence-corrected chi connectivity index (χ4v) is 3.81. The Kier molecular flexibility index (Phi) is 6.45. The maximum Gasteiger partial charge on any atom is 0.264 e. The zero-order valence-corrected chi connectivity index (χ0v) is 15.7. The largest absolute Gasteiger partial charge is 0.494 e. The van der Waals surface area contributed by atoms with E-state index in [1.807, 2.05) is 13.8 Å². The number of rotatable bonds is 8. The first-order valence-electron chi connectivity index (χ1n) is 7.85. The van der Waals surface area contributed by atoms with Crippen molar-refractivity contribution in [3.8, 4) is 5.75 Å². The lowest BCUT2D eigenvalue weighted by Crippen LogP contribution is -2.34. The van der Waals surface area contributed by atoms with Crippen molar-refractivity contribution < 1.29 is 17.9 Å². The number of hydrogen-bond donors (Lipinski definition) is 0. The molecule has 0 atom stereocenters. The SMILES string of the molecule is CCCOc1ccc(N(CC(=O)Cl)S(=O)(=O)c2ccc(C)cc2)cc1. The average molecular weight is 382 g/mol. The molecule has 0 amide bonds. The van der Waals surface area contributed by atoms with Crippen LogP contribution in [0.4, 0.5) is 5.69 Å². The van der Waals surface area contributed by atoms with E-state index in [0.717, 1.165) is 16.3 Å². The van der Waals surface area contributed by atoms with Crippen molar-refractivity contribution >= 4 is 32.6 Å². The molecule has 2 aromatic rings. The van der Waals surface area contributed by atoms with E-state index >= 15 is 0 Å². The molecule has 134 valence electrons. The van der Waals surface area contributed by atoms with Gasteiger partial charge in [-0.3, -0.25) is 9.10 Å². The van der Waals surface area contributed by atoms with Crippen LogP contribution in [0.2, 0.25) is 0 Å². The summed E-state index contributed by atoms with van der Waals surface area (Å²) in [6.45, 7) is 3.99. The van der Waals surface area contributed by atoms with Crippen molar-refractivity contribution in [3.63, 3.8) is 0 Å². The van der Waals surface area contributed by atoms with Gasteiger partial charge < -0.3 is 4.74 Å². The molecule has 25 heavy (non-hydrogen) atoms. The highest BCUT2D eigenvalue weighted by Gasteiger charge is 2.26. The quantitative estimate of drug-likeness (QED) is 0.653. The molecule has 0 aliphatic carbocycles. The Morgan fingerprint density at radius 1 is 1.08 bits per heavy atom. The summed E-state index contributed by atoms with van der Waals surface area (Å²) in [4.78, 5) is 11.5. The van der Waals surface area contributed by atoms with Gasteiger partial charge in [0.1, 0.15) is 12.3 Å². The van der Waals surface area contributed by atoms with Crippen LogP contribution in [0.3, 0.4) is 0 Å². The monoisotopic (exact) mass is 381 g/mol. The molecule has 0 saturated heterocycles. The van der Waals surface area contributed by atoms with Gasteiger partial charge in [-0.2, -0.15) is 0 Å². The lowest BCUT2D eigenvalue weighted by molar-refractivity contribution is -0.110. The van der Waals surface area contributed by atoms with Crippen molar-refractivity contribution in [3.05, 3.63) is 54.1 Å². The predicted octanol–water partition coefficient (Wildman–Crippen LogP) is 3.74. The maximum atomic E-state index is 12.9. The molecule has 0 unspecified atom stereocenters. The average Bonchev–Trinajstić information content (AvgIpc) is 2.58. The molecule has 0 spiro atoms. The third-order valence-corrected chi connectivity index (χ3v) is 5.38. The molecule has 0 aromatic heterocycles. The van der Waals surface area contributed by atoms with Gasteiger partial charge in [0.25, 0.3) is 10.0 Å². The second-order valence-corrected chi connectivity index (χ2v) is 7.81. The fourth-order valence-electron chi connectivity index (χ4n) is 2.19. The Hall–Kier alpha value is -2.05. The van der Waals surface area contributed by atoms with Gasteiger partial charge in [0, 0.05) is 0 Å². The van der Waals surface area contributed by atoms with Gasteiger partial charge in [0.05, 0.1) is 17.2 Å². The first-order valence-corrected chi connectivity index (χ1v) is 9.67. The van der Waals surface area contributed by atoms with Crippen LogP contribution in [0, 0.1) is 6.92 Å². The lowest BCUT2D eigenvalue weighted by Gasteiger charge is -2.23. The number of ether oxygens (including phenoxy) is 1. The van der Waals surface area contributed by atoms with E-state index < -0.39 is 21.8 Å². The predicted molar refractivity (Wildman–Crippen MR) is 98.8 cm³/mol. The number of benzene rings is 2. The molecular formula is C18H20ClNO4S. The minimum Gasteiger partial charge on any atom is -0.494 e. The van der Waals surface area contributed by atoms with Gasteiger partial charge in [-0.15, -0.1) is 0 Å². The summed E-state index contributed by atoms with van der Waals surface area (Å²) in [5.41, 5.74) is 1.29. The number of sulfonamides is 1. The molecule has 0 fully saturated rings. The third-order valence-electron chi connectivity index (χ3n) is 3.47. The third kappa shape index (κ3) is 4.96. The van der Waals surface area contributed by atoms with Crippen LogP contribution in [-0.2, 0) is 14.8 Å². The smallest absolute Gasteiger partial charge is 0.264 e. The van der Waals surface area contributed by atoms with E-state index in [0.29, 0.717) is 18.0 Å². The maximum absolute atomic E-state index is 12.9. The number of nitrogens with zero attached hydrogens (tertiary/aromatic N) is 1. The molecule has 0 radical (unpaired) electrons. The van der Waals surface area contributed by atoms with Gasteiger partial charge in [0.15, 0.2) is 0 Å². The summed E-state index contributed by atoms with van der Waals surface area (Å²) in [5, 5.41) is -0.762. The number of halogens is 1. The van der Waals surface area contributed by atoms with E-state index in [1.54, 1.807) is 36.4 Å². The molecule has 2 aromatic carbocycles. The molecule has 0 heterocycles. The summed E-state index contributed by atoms with van der Waals surface area (Å²) in [7, 11) is -3.91. The second-order valence-electron chi connectivity index (χ2n) is 5.52. The van der Waals surface area contributed by atoms with Crippen LogP contribution >= 0.6 is 11.6 Å². The van der Waals surface area contributed by atoms with E-state index in [2.05, 4.69) is 0 Å². The van der Waals surface area contributed by atoms with Crippen molar-refractivity contribution in [2.45, 2.75) is 25.2 Å². The minimum atomic E-state index is -3.91. The molecule has 2 rings (SSSR count). The van der Waals surface area contributed by atoms with Gasteiger partial charge in [-0.25, -0.2) is 8.42 Å². The molecule has 5 nitrogen and oxygen atoms in total. The standard InChI is InChI=1S/C18H20ClNO4S/c1-3-12-24-16-8-6-15(7-9-16)20(13-18(19)21)25(22,23)17-10-4-14(2)5-11-17/h4-11H,3,12-13H2,1-2H3. The van der Waals surface area contributed by atoms with Gasteiger partial charge in [-0.05, 0) is 61.3 Å². The van der Waals surface area contributed by atoms with Crippen molar-refractivity contribution in [2.24, 2.45) is 0 Å². The summed E-state index contributed by atoms with van der Waals surface area (Å²) in [6.07, 6.45) is 0.871. The van der Waals surface area contributed by atoms with Crippen LogP contribution in [-0.4, -0.2) is 26.8 Å². The van der Waals surface area contributed by atoms with Gasteiger partial charge >= 0.3 is 0 Å². The van der Waals surface area contributed by atoms with Gasteiger partial charge in [0.2, 0.25) is 5.24 Å². The minimum absolute atomic E-state index is 0.0994. The molecule has 0 N–H and O–H groups in total. The van der Waals surface area contributed by atoms with Crippen molar-refractivity contribution in [1.29, 1.82) is 0 Å². The molecule has 0 bridgehead atoms. The topological polar surface area (TPSA) is 63.7 Å². The van der Waals surface area contributed by atoms with Crippen LogP contribution in [0.25, 0.3) is 0 Å². The Bertz CT molecular complexity index is 817. The zero-order chi connectivity index (χ0) is 18.4. The van der Waals surface area contributed by atoms with Gasteiger partial charge in [-0.1, -0.05) is 24.6 Å². The Morgan fingerprint density at radius 2 is 1.68 bits per heavy atom. The number of carbonyl (C=O) groups is 1. The number of carbonyl (C=O) groups excluding carboxylic acids is 1. The summed E-state index contributed by atoms with van der Waals surface area (Å²) < 4.78 is 32.3. The highest BCUT2D eigenvalue weighted by atomic mass is 35.5. The second kappa shape index (κ2) is 8.36. The number of anilines is 1. The van der Waals surface area contributed by atoms with Crippen molar-refractivity contribution in [2.75, 3.05) is 17.5 Å².